The van der Waals surface area contributed by atoms with E-state index < -0.39 is 18.1 Å². The van der Waals surface area contributed by atoms with Crippen molar-refractivity contribution in [1.29, 1.82) is 0 Å². The monoisotopic (exact) mass is 299 g/mol. The normalized spacial score (nSPS) is 21.2. The van der Waals surface area contributed by atoms with E-state index in [1.165, 1.54) is 4.90 Å². The summed E-state index contributed by atoms with van der Waals surface area (Å²) in [4.78, 5) is 24.8. The van der Waals surface area contributed by atoms with E-state index in [0.29, 0.717) is 0 Å². The summed E-state index contributed by atoms with van der Waals surface area (Å²) in [5.74, 6) is -1.33. The summed E-state index contributed by atoms with van der Waals surface area (Å²) >= 11 is 0. The van der Waals surface area contributed by atoms with Crippen molar-refractivity contribution >= 4 is 22.6 Å². The molecule has 1 aliphatic heterocycles. The molecule has 22 heavy (non-hydrogen) atoms. The largest absolute Gasteiger partial charge is 0.480 e. The molecule has 0 aliphatic carbocycles. The Kier molecular flexibility index (Phi) is 3.81. The third kappa shape index (κ3) is 2.80. The molecule has 114 valence electrons. The average Bonchev–Trinajstić information content (AvgIpc) is 2.89. The van der Waals surface area contributed by atoms with Crippen LogP contribution in [0.1, 0.15) is 12.0 Å². The van der Waals surface area contributed by atoms with Gasteiger partial charge in [0, 0.05) is 13.0 Å². The van der Waals surface area contributed by atoms with Crippen LogP contribution in [0.5, 0.6) is 0 Å². The maximum absolute atomic E-state index is 12.4. The second-order valence-electron chi connectivity index (χ2n) is 5.65. The lowest BCUT2D eigenvalue weighted by Gasteiger charge is -2.21. The number of aliphatic hydroxyl groups excluding tert-OH is 1. The Morgan fingerprint density at radius 2 is 1.86 bits per heavy atom. The number of fused-ring (bicyclic) bond motifs is 1. The number of amides is 1. The fraction of sp³-hybridized carbons (Fsp3) is 0.294. The Morgan fingerprint density at radius 1 is 1.14 bits per heavy atom. The van der Waals surface area contributed by atoms with Crippen molar-refractivity contribution in [3.05, 3.63) is 48.0 Å². The first kappa shape index (κ1) is 14.5. The van der Waals surface area contributed by atoms with Gasteiger partial charge >= 0.3 is 5.97 Å². The van der Waals surface area contributed by atoms with Gasteiger partial charge in [-0.1, -0.05) is 42.5 Å². The van der Waals surface area contributed by atoms with Gasteiger partial charge in [0.05, 0.1) is 12.5 Å². The molecule has 5 nitrogen and oxygen atoms in total. The van der Waals surface area contributed by atoms with Gasteiger partial charge in [0.2, 0.25) is 5.91 Å². The number of carbonyl (C=O) groups excluding carboxylic acids is 1. The van der Waals surface area contributed by atoms with Crippen molar-refractivity contribution < 1.29 is 19.8 Å². The van der Waals surface area contributed by atoms with Crippen LogP contribution in [-0.2, 0) is 16.0 Å². The molecule has 2 unspecified atom stereocenters. The molecule has 3 rings (SSSR count). The highest BCUT2D eigenvalue weighted by molar-refractivity contribution is 5.88. The zero-order valence-electron chi connectivity index (χ0n) is 12.0. The highest BCUT2D eigenvalue weighted by Crippen LogP contribution is 2.21. The molecule has 1 heterocycles. The van der Waals surface area contributed by atoms with E-state index in [4.69, 9.17) is 5.11 Å². The van der Waals surface area contributed by atoms with Crippen molar-refractivity contribution in [2.45, 2.75) is 25.0 Å². The molecule has 2 atom stereocenters. The number of benzene rings is 2. The number of carbonyl (C=O) groups is 2. The molecule has 1 saturated heterocycles. The van der Waals surface area contributed by atoms with Crippen molar-refractivity contribution in [1.82, 2.24) is 4.90 Å². The summed E-state index contributed by atoms with van der Waals surface area (Å²) in [6.45, 7) is 0.0867. The smallest absolute Gasteiger partial charge is 0.326 e. The van der Waals surface area contributed by atoms with E-state index in [1.807, 2.05) is 42.5 Å². The van der Waals surface area contributed by atoms with Crippen LogP contribution in [0.15, 0.2) is 42.5 Å². The minimum atomic E-state index is -1.07. The fourth-order valence-electron chi connectivity index (χ4n) is 2.95. The number of aliphatic carboxylic acids is 1. The molecule has 1 aliphatic rings. The SMILES string of the molecule is O=C(O)C1CC(O)CN1C(=O)Cc1ccc2ccccc2c1. The Hall–Kier alpha value is -2.40. The second kappa shape index (κ2) is 5.77. The Balaban J connectivity index is 1.79. The van der Waals surface area contributed by atoms with E-state index in [9.17, 15) is 14.7 Å². The topological polar surface area (TPSA) is 77.8 Å². The summed E-state index contributed by atoms with van der Waals surface area (Å²) in [7, 11) is 0. The van der Waals surface area contributed by atoms with Crippen LogP contribution in [0.3, 0.4) is 0 Å². The van der Waals surface area contributed by atoms with Crippen molar-refractivity contribution in [3.63, 3.8) is 0 Å². The van der Waals surface area contributed by atoms with Gasteiger partial charge in [-0.15, -0.1) is 0 Å². The first-order valence-electron chi connectivity index (χ1n) is 7.22. The number of rotatable bonds is 3. The Labute approximate surface area is 127 Å². The molecule has 2 N–H and O–H groups in total. The summed E-state index contributed by atoms with van der Waals surface area (Å²) in [5.41, 5.74) is 0.842. The third-order valence-corrected chi connectivity index (χ3v) is 4.05. The highest BCUT2D eigenvalue weighted by Gasteiger charge is 2.38. The van der Waals surface area contributed by atoms with Crippen LogP contribution in [-0.4, -0.2) is 45.7 Å². The minimum absolute atomic E-state index is 0.0867. The summed E-state index contributed by atoms with van der Waals surface area (Å²) in [6, 6.07) is 12.7. The number of likely N-dealkylation sites (tertiary alicyclic amines) is 1. The molecular formula is C17H17NO4. The molecule has 0 aromatic heterocycles. The van der Waals surface area contributed by atoms with Gasteiger partial charge in [0.1, 0.15) is 6.04 Å². The van der Waals surface area contributed by atoms with Gasteiger partial charge in [-0.2, -0.15) is 0 Å². The number of nitrogens with zero attached hydrogens (tertiary/aromatic N) is 1. The van der Waals surface area contributed by atoms with Crippen LogP contribution < -0.4 is 0 Å². The Morgan fingerprint density at radius 3 is 2.59 bits per heavy atom. The molecule has 1 amide bonds. The maximum Gasteiger partial charge on any atom is 0.326 e. The van der Waals surface area contributed by atoms with Crippen LogP contribution in [0.2, 0.25) is 0 Å². The highest BCUT2D eigenvalue weighted by atomic mass is 16.4. The van der Waals surface area contributed by atoms with E-state index in [2.05, 4.69) is 0 Å². The van der Waals surface area contributed by atoms with Crippen LogP contribution in [0.4, 0.5) is 0 Å². The van der Waals surface area contributed by atoms with Gasteiger partial charge in [-0.05, 0) is 16.3 Å². The summed E-state index contributed by atoms with van der Waals surface area (Å²) < 4.78 is 0. The van der Waals surface area contributed by atoms with Gasteiger partial charge in [-0.25, -0.2) is 4.79 Å². The lowest BCUT2D eigenvalue weighted by Crippen LogP contribution is -2.41. The number of aliphatic hydroxyl groups is 1. The quantitative estimate of drug-likeness (QED) is 0.898. The van der Waals surface area contributed by atoms with E-state index >= 15 is 0 Å². The third-order valence-electron chi connectivity index (χ3n) is 4.05. The molecule has 0 saturated carbocycles. The fourth-order valence-corrected chi connectivity index (χ4v) is 2.95. The first-order chi connectivity index (χ1) is 10.5. The number of hydrogen-bond donors (Lipinski definition) is 2. The minimum Gasteiger partial charge on any atom is -0.480 e. The van der Waals surface area contributed by atoms with E-state index in [1.54, 1.807) is 0 Å². The molecule has 2 aromatic carbocycles. The molecule has 0 bridgehead atoms. The molecule has 1 fully saturated rings. The van der Waals surface area contributed by atoms with Gasteiger partial charge in [0.25, 0.3) is 0 Å². The number of β-amino-alcohol motifs (C(OH)–C–C–N with tert-alkyl or cyclic N) is 1. The molecule has 0 spiro atoms. The van der Waals surface area contributed by atoms with Crippen LogP contribution in [0, 0.1) is 0 Å². The molecule has 0 radical (unpaired) electrons. The molecule has 5 heteroatoms. The molecule has 2 aromatic rings. The zero-order chi connectivity index (χ0) is 15.7. The van der Waals surface area contributed by atoms with Crippen LogP contribution >= 0.6 is 0 Å². The van der Waals surface area contributed by atoms with Gasteiger partial charge < -0.3 is 15.1 Å². The predicted molar refractivity (Wildman–Crippen MR) is 81.4 cm³/mol. The van der Waals surface area contributed by atoms with Gasteiger partial charge in [0.15, 0.2) is 0 Å². The van der Waals surface area contributed by atoms with Crippen molar-refractivity contribution in [3.8, 4) is 0 Å². The lowest BCUT2D eigenvalue weighted by atomic mass is 10.0. The van der Waals surface area contributed by atoms with E-state index in [0.717, 1.165) is 16.3 Å². The molecular weight excluding hydrogens is 282 g/mol. The summed E-state index contributed by atoms with van der Waals surface area (Å²) in [6.07, 6.45) is -0.526. The van der Waals surface area contributed by atoms with Gasteiger partial charge in [-0.3, -0.25) is 4.79 Å². The zero-order valence-corrected chi connectivity index (χ0v) is 12.0. The van der Waals surface area contributed by atoms with Crippen molar-refractivity contribution in [2.75, 3.05) is 6.54 Å². The number of hydrogen-bond acceptors (Lipinski definition) is 3. The maximum atomic E-state index is 12.4. The second-order valence-corrected chi connectivity index (χ2v) is 5.65. The predicted octanol–water partition coefficient (Wildman–Crippen LogP) is 1.43. The average molecular weight is 299 g/mol. The number of carboxylic acids is 1. The Bertz CT molecular complexity index is 727. The first-order valence-corrected chi connectivity index (χ1v) is 7.22. The summed E-state index contributed by atoms with van der Waals surface area (Å²) in [5, 5.41) is 20.9. The van der Waals surface area contributed by atoms with Crippen LogP contribution in [0.25, 0.3) is 10.8 Å². The van der Waals surface area contributed by atoms with E-state index in [-0.39, 0.29) is 25.3 Å². The number of carboxylic acid groups (broad SMARTS) is 1. The lowest BCUT2D eigenvalue weighted by molar-refractivity contribution is -0.148. The van der Waals surface area contributed by atoms with Crippen molar-refractivity contribution in [2.24, 2.45) is 0 Å². The standard InChI is InChI=1S/C17H17NO4/c19-14-9-15(17(21)22)18(10-14)16(20)8-11-5-6-12-3-1-2-4-13(12)7-11/h1-7,14-15,19H,8-10H2,(H,21,22).